The molecule has 4 heteroatoms. The van der Waals surface area contributed by atoms with E-state index in [1.165, 1.54) is 0 Å². The second kappa shape index (κ2) is 3.33. The standard InChI is InChI=1S/C10H7N2O2/c13-10(14)8-3-1-7(2-4-8)9-5-11-12-6-9/h1-5H,(H,11,12)(H,13,14). The van der Waals surface area contributed by atoms with Crippen LogP contribution in [0.3, 0.4) is 0 Å². The van der Waals surface area contributed by atoms with Crippen molar-refractivity contribution in [1.82, 2.24) is 10.2 Å². The topological polar surface area (TPSA) is 66.0 Å². The molecule has 2 N–H and O–H groups in total. The molecule has 2 aromatic rings. The van der Waals surface area contributed by atoms with E-state index >= 15 is 0 Å². The number of aromatic amines is 1. The Hall–Kier alpha value is -2.10. The minimum Gasteiger partial charge on any atom is -0.478 e. The van der Waals surface area contributed by atoms with Crippen molar-refractivity contribution in [3.8, 4) is 11.1 Å². The lowest BCUT2D eigenvalue weighted by molar-refractivity contribution is 0.0697. The quantitative estimate of drug-likeness (QED) is 0.750. The largest absolute Gasteiger partial charge is 0.478 e. The summed E-state index contributed by atoms with van der Waals surface area (Å²) in [6, 6.07) is 6.56. The third-order valence-corrected chi connectivity index (χ3v) is 1.89. The smallest absolute Gasteiger partial charge is 0.335 e. The summed E-state index contributed by atoms with van der Waals surface area (Å²) in [6.45, 7) is 0. The van der Waals surface area contributed by atoms with Gasteiger partial charge in [0.2, 0.25) is 0 Å². The van der Waals surface area contributed by atoms with Gasteiger partial charge in [-0.25, -0.2) is 4.79 Å². The number of hydrogen-bond acceptors (Lipinski definition) is 2. The molecule has 0 aliphatic rings. The zero-order valence-electron chi connectivity index (χ0n) is 7.19. The summed E-state index contributed by atoms with van der Waals surface area (Å²) in [5, 5.41) is 15.0. The number of rotatable bonds is 2. The van der Waals surface area contributed by atoms with E-state index in [1.54, 1.807) is 30.5 Å². The Kier molecular flexibility index (Phi) is 2.02. The molecule has 0 atom stereocenters. The molecule has 2 rings (SSSR count). The van der Waals surface area contributed by atoms with Crippen LogP contribution in [0.4, 0.5) is 0 Å². The van der Waals surface area contributed by atoms with Crippen LogP contribution in [0.15, 0.2) is 30.5 Å². The first-order chi connectivity index (χ1) is 6.77. The van der Waals surface area contributed by atoms with Crippen LogP contribution in [0.25, 0.3) is 11.1 Å². The molecule has 0 saturated carbocycles. The summed E-state index contributed by atoms with van der Waals surface area (Å²) < 4.78 is 0. The summed E-state index contributed by atoms with van der Waals surface area (Å²) in [5.41, 5.74) is 1.99. The van der Waals surface area contributed by atoms with Gasteiger partial charge in [-0.2, -0.15) is 5.10 Å². The van der Waals surface area contributed by atoms with Crippen molar-refractivity contribution in [1.29, 1.82) is 0 Å². The number of carbonyl (C=O) groups is 1. The van der Waals surface area contributed by atoms with E-state index in [0.717, 1.165) is 11.1 Å². The molecule has 0 saturated heterocycles. The van der Waals surface area contributed by atoms with Gasteiger partial charge in [0.05, 0.1) is 5.56 Å². The molecule has 69 valence electrons. The van der Waals surface area contributed by atoms with Gasteiger partial charge >= 0.3 is 5.97 Å². The molecule has 4 nitrogen and oxygen atoms in total. The first-order valence-corrected chi connectivity index (χ1v) is 4.02. The predicted octanol–water partition coefficient (Wildman–Crippen LogP) is 1.58. The molecule has 0 spiro atoms. The molecule has 0 bridgehead atoms. The van der Waals surface area contributed by atoms with Gasteiger partial charge in [0.15, 0.2) is 0 Å². The van der Waals surface area contributed by atoms with Crippen LogP contribution < -0.4 is 0 Å². The summed E-state index contributed by atoms with van der Waals surface area (Å²) in [7, 11) is 0. The Labute approximate surface area is 80.2 Å². The Morgan fingerprint density at radius 2 is 2.07 bits per heavy atom. The van der Waals surface area contributed by atoms with Gasteiger partial charge < -0.3 is 5.11 Å². The average Bonchev–Trinajstić information content (AvgIpc) is 2.71. The summed E-state index contributed by atoms with van der Waals surface area (Å²) in [6.07, 6.45) is 4.45. The second-order valence-corrected chi connectivity index (χ2v) is 2.79. The van der Waals surface area contributed by atoms with Gasteiger partial charge in [-0.15, -0.1) is 0 Å². The van der Waals surface area contributed by atoms with Gasteiger partial charge in [0, 0.05) is 11.8 Å². The van der Waals surface area contributed by atoms with Gasteiger partial charge in [0.1, 0.15) is 6.20 Å². The van der Waals surface area contributed by atoms with E-state index in [0.29, 0.717) is 0 Å². The molecule has 0 aliphatic heterocycles. The van der Waals surface area contributed by atoms with Crippen molar-refractivity contribution in [2.24, 2.45) is 0 Å². The van der Waals surface area contributed by atoms with Gasteiger partial charge in [0.25, 0.3) is 0 Å². The first-order valence-electron chi connectivity index (χ1n) is 4.02. The van der Waals surface area contributed by atoms with E-state index in [-0.39, 0.29) is 5.56 Å². The van der Waals surface area contributed by atoms with Crippen molar-refractivity contribution < 1.29 is 9.90 Å². The van der Waals surface area contributed by atoms with E-state index in [1.807, 2.05) is 0 Å². The SMILES string of the molecule is O=C(O)c1ccc(-c2[c]n[nH]c2)cc1. The van der Waals surface area contributed by atoms with Crippen LogP contribution in [0.5, 0.6) is 0 Å². The predicted molar refractivity (Wildman–Crippen MR) is 49.8 cm³/mol. The minimum atomic E-state index is -0.923. The molecular weight excluding hydrogens is 180 g/mol. The number of aromatic nitrogens is 2. The van der Waals surface area contributed by atoms with Crippen LogP contribution in [0, 0.1) is 6.20 Å². The summed E-state index contributed by atoms with van der Waals surface area (Å²) in [5.74, 6) is -0.923. The zero-order valence-corrected chi connectivity index (χ0v) is 7.19. The van der Waals surface area contributed by atoms with Crippen LogP contribution >= 0.6 is 0 Å². The van der Waals surface area contributed by atoms with Crippen LogP contribution in [-0.2, 0) is 0 Å². The molecule has 0 fully saturated rings. The second-order valence-electron chi connectivity index (χ2n) is 2.79. The monoisotopic (exact) mass is 187 g/mol. The van der Waals surface area contributed by atoms with E-state index in [2.05, 4.69) is 16.4 Å². The fraction of sp³-hybridized carbons (Fsp3) is 0. The van der Waals surface area contributed by atoms with Crippen LogP contribution in [0.2, 0.25) is 0 Å². The number of carboxylic acids is 1. The maximum absolute atomic E-state index is 10.6. The van der Waals surface area contributed by atoms with Gasteiger partial charge in [-0.05, 0) is 17.7 Å². The third-order valence-electron chi connectivity index (χ3n) is 1.89. The lowest BCUT2D eigenvalue weighted by Gasteiger charge is -1.97. The Morgan fingerprint density at radius 3 is 2.57 bits per heavy atom. The Bertz CT molecular complexity index is 432. The van der Waals surface area contributed by atoms with Crippen molar-refractivity contribution in [2.45, 2.75) is 0 Å². The first kappa shape index (κ1) is 8.50. The van der Waals surface area contributed by atoms with E-state index in [9.17, 15) is 4.79 Å². The minimum absolute atomic E-state index is 0.275. The molecule has 14 heavy (non-hydrogen) atoms. The van der Waals surface area contributed by atoms with Crippen LogP contribution in [0.1, 0.15) is 10.4 Å². The Balaban J connectivity index is 2.36. The number of aromatic carboxylic acids is 1. The molecule has 1 heterocycles. The third kappa shape index (κ3) is 1.50. The van der Waals surface area contributed by atoms with Gasteiger partial charge in [-0.1, -0.05) is 12.1 Å². The highest BCUT2D eigenvalue weighted by atomic mass is 16.4. The zero-order chi connectivity index (χ0) is 9.97. The molecule has 0 aliphatic carbocycles. The fourth-order valence-corrected chi connectivity index (χ4v) is 1.16. The highest BCUT2D eigenvalue weighted by molar-refractivity contribution is 5.88. The fourth-order valence-electron chi connectivity index (χ4n) is 1.16. The van der Waals surface area contributed by atoms with Crippen molar-refractivity contribution >= 4 is 5.97 Å². The number of benzene rings is 1. The molecule has 0 amide bonds. The van der Waals surface area contributed by atoms with Gasteiger partial charge in [-0.3, -0.25) is 5.10 Å². The molecule has 0 unspecified atom stereocenters. The van der Waals surface area contributed by atoms with Crippen molar-refractivity contribution in [3.05, 3.63) is 42.2 Å². The van der Waals surface area contributed by atoms with Crippen LogP contribution in [-0.4, -0.2) is 21.3 Å². The number of H-pyrrole nitrogens is 1. The van der Waals surface area contributed by atoms with Crippen molar-refractivity contribution in [3.63, 3.8) is 0 Å². The molecular formula is C10H7N2O2. The normalized spacial score (nSPS) is 10.0. The number of hydrogen-bond donors (Lipinski definition) is 2. The highest BCUT2D eigenvalue weighted by Crippen LogP contribution is 2.17. The molecule has 1 aromatic heterocycles. The molecule has 1 radical (unpaired) electrons. The number of nitrogens with one attached hydrogen (secondary N) is 1. The lowest BCUT2D eigenvalue weighted by Crippen LogP contribution is -1.94. The van der Waals surface area contributed by atoms with Crippen molar-refractivity contribution in [2.75, 3.05) is 0 Å². The maximum atomic E-state index is 10.6. The number of nitrogens with zero attached hydrogens (tertiary/aromatic N) is 1. The average molecular weight is 187 g/mol. The highest BCUT2D eigenvalue weighted by Gasteiger charge is 2.03. The number of carboxylic acid groups (broad SMARTS) is 1. The van der Waals surface area contributed by atoms with E-state index in [4.69, 9.17) is 5.11 Å². The lowest BCUT2D eigenvalue weighted by atomic mass is 10.1. The molecule has 1 aromatic carbocycles. The summed E-state index contributed by atoms with van der Waals surface area (Å²) in [4.78, 5) is 10.6. The Morgan fingerprint density at radius 1 is 1.36 bits per heavy atom. The van der Waals surface area contributed by atoms with E-state index < -0.39 is 5.97 Å². The maximum Gasteiger partial charge on any atom is 0.335 e. The summed E-state index contributed by atoms with van der Waals surface area (Å²) >= 11 is 0.